The number of fused-ring (bicyclic) bond motifs is 1. The highest BCUT2D eigenvalue weighted by molar-refractivity contribution is 5.74. The lowest BCUT2D eigenvalue weighted by molar-refractivity contribution is 0.244. The Kier molecular flexibility index (Phi) is 5.14. The van der Waals surface area contributed by atoms with E-state index in [2.05, 4.69) is 20.4 Å². The smallest absolute Gasteiger partial charge is 0.229 e. The van der Waals surface area contributed by atoms with Crippen molar-refractivity contribution in [2.24, 2.45) is 5.73 Å². The summed E-state index contributed by atoms with van der Waals surface area (Å²) in [5.74, 6) is -1.06. The van der Waals surface area contributed by atoms with Crippen LogP contribution in [0.5, 0.6) is 0 Å². The maximum absolute atomic E-state index is 14.3. The van der Waals surface area contributed by atoms with Crippen LogP contribution in [0.1, 0.15) is 6.42 Å². The molecule has 1 aromatic carbocycles. The van der Waals surface area contributed by atoms with Crippen LogP contribution < -0.4 is 16.0 Å². The van der Waals surface area contributed by atoms with Gasteiger partial charge in [-0.3, -0.25) is 4.98 Å². The number of nitrogens with one attached hydrogen (secondary N) is 1. The standard InChI is InChI=1S/C22H20F3N7/c23-14-7-9-31(12-17(14)26)20-6-8-27-11-19(20)29-22-28-10-13-4-5-18(30-32(13)22)21-15(24)2-1-3-16(21)25/h1-6,8,10-11,14,17H,7,9,12,26H2,(H,28,29). The summed E-state index contributed by atoms with van der Waals surface area (Å²) in [4.78, 5) is 10.5. The van der Waals surface area contributed by atoms with E-state index in [9.17, 15) is 13.2 Å². The second-order valence-electron chi connectivity index (χ2n) is 7.67. The summed E-state index contributed by atoms with van der Waals surface area (Å²) in [6, 6.07) is 8.14. The normalized spacial score (nSPS) is 18.8. The van der Waals surface area contributed by atoms with Crippen molar-refractivity contribution >= 4 is 22.8 Å². The van der Waals surface area contributed by atoms with Crippen molar-refractivity contribution in [2.45, 2.75) is 18.6 Å². The van der Waals surface area contributed by atoms with E-state index in [4.69, 9.17) is 5.73 Å². The van der Waals surface area contributed by atoms with E-state index in [-0.39, 0.29) is 11.3 Å². The van der Waals surface area contributed by atoms with Crippen LogP contribution in [0, 0.1) is 11.6 Å². The third-order valence-corrected chi connectivity index (χ3v) is 5.56. The zero-order valence-corrected chi connectivity index (χ0v) is 16.9. The summed E-state index contributed by atoms with van der Waals surface area (Å²) in [6.45, 7) is 0.891. The van der Waals surface area contributed by atoms with Crippen molar-refractivity contribution in [1.29, 1.82) is 0 Å². The molecule has 10 heteroatoms. The molecule has 1 saturated heterocycles. The SMILES string of the molecule is NC1CN(c2ccncc2Nc2ncc3ccc(-c4c(F)cccc4F)nn23)CCC1F. The Bertz CT molecular complexity index is 1260. The monoisotopic (exact) mass is 439 g/mol. The van der Waals surface area contributed by atoms with E-state index in [1.165, 1.54) is 22.7 Å². The number of alkyl halides is 1. The zero-order valence-electron chi connectivity index (χ0n) is 16.9. The van der Waals surface area contributed by atoms with Gasteiger partial charge in [-0.05, 0) is 36.8 Å². The molecule has 0 bridgehead atoms. The van der Waals surface area contributed by atoms with Gasteiger partial charge in [0.2, 0.25) is 5.95 Å². The van der Waals surface area contributed by atoms with Crippen LogP contribution in [0.3, 0.4) is 0 Å². The zero-order chi connectivity index (χ0) is 22.2. The Labute approximate surface area is 181 Å². The fourth-order valence-electron chi connectivity index (χ4n) is 3.90. The highest BCUT2D eigenvalue weighted by Gasteiger charge is 2.27. The predicted octanol–water partition coefficient (Wildman–Crippen LogP) is 3.69. The second kappa shape index (κ2) is 8.12. The van der Waals surface area contributed by atoms with E-state index in [0.717, 1.165) is 5.69 Å². The molecule has 32 heavy (non-hydrogen) atoms. The average molecular weight is 439 g/mol. The highest BCUT2D eigenvalue weighted by Crippen LogP contribution is 2.31. The first kappa shape index (κ1) is 20.3. The van der Waals surface area contributed by atoms with E-state index in [1.54, 1.807) is 30.7 Å². The molecule has 0 amide bonds. The van der Waals surface area contributed by atoms with Crippen molar-refractivity contribution in [2.75, 3.05) is 23.3 Å². The number of nitrogens with zero attached hydrogens (tertiary/aromatic N) is 5. The Hall–Kier alpha value is -3.66. The lowest BCUT2D eigenvalue weighted by Gasteiger charge is -2.35. The van der Waals surface area contributed by atoms with E-state index >= 15 is 0 Å². The van der Waals surface area contributed by atoms with Gasteiger partial charge in [0, 0.05) is 19.3 Å². The van der Waals surface area contributed by atoms with Crippen molar-refractivity contribution in [1.82, 2.24) is 19.6 Å². The minimum Gasteiger partial charge on any atom is -0.368 e. The first-order chi connectivity index (χ1) is 15.5. The van der Waals surface area contributed by atoms with Crippen molar-refractivity contribution in [3.05, 3.63) is 66.6 Å². The van der Waals surface area contributed by atoms with E-state index < -0.39 is 23.8 Å². The summed E-state index contributed by atoms with van der Waals surface area (Å²) < 4.78 is 43.8. The molecule has 0 saturated carbocycles. The van der Waals surface area contributed by atoms with E-state index in [0.29, 0.717) is 36.7 Å². The van der Waals surface area contributed by atoms with Crippen molar-refractivity contribution < 1.29 is 13.2 Å². The largest absolute Gasteiger partial charge is 0.368 e. The molecule has 3 aromatic heterocycles. The van der Waals surface area contributed by atoms with Crippen molar-refractivity contribution in [3.63, 3.8) is 0 Å². The van der Waals surface area contributed by atoms with Gasteiger partial charge in [-0.1, -0.05) is 6.07 Å². The minimum absolute atomic E-state index is 0.136. The molecule has 1 aliphatic heterocycles. The lowest BCUT2D eigenvalue weighted by atomic mass is 10.0. The predicted molar refractivity (Wildman–Crippen MR) is 116 cm³/mol. The molecule has 7 nitrogen and oxygen atoms in total. The molecule has 4 heterocycles. The average Bonchev–Trinajstić information content (AvgIpc) is 3.18. The molecule has 0 spiro atoms. The fraction of sp³-hybridized carbons (Fsp3) is 0.227. The Morgan fingerprint density at radius 2 is 1.88 bits per heavy atom. The Morgan fingerprint density at radius 3 is 2.66 bits per heavy atom. The molecule has 2 atom stereocenters. The Balaban J connectivity index is 1.51. The number of benzene rings is 1. The molecular formula is C22H20F3N7. The summed E-state index contributed by atoms with van der Waals surface area (Å²) in [5, 5.41) is 7.59. The van der Waals surface area contributed by atoms with Crippen LogP contribution in [0.2, 0.25) is 0 Å². The van der Waals surface area contributed by atoms with Crippen LogP contribution in [0.4, 0.5) is 30.5 Å². The molecule has 3 N–H and O–H groups in total. The van der Waals surface area contributed by atoms with Crippen LogP contribution >= 0.6 is 0 Å². The number of anilines is 3. The lowest BCUT2D eigenvalue weighted by Crippen LogP contribution is -2.49. The quantitative estimate of drug-likeness (QED) is 0.505. The van der Waals surface area contributed by atoms with Gasteiger partial charge in [-0.25, -0.2) is 18.2 Å². The number of nitrogens with two attached hydrogens (primary N) is 1. The van der Waals surface area contributed by atoms with Gasteiger partial charge < -0.3 is 16.0 Å². The molecule has 1 fully saturated rings. The van der Waals surface area contributed by atoms with Crippen LogP contribution in [-0.4, -0.2) is 44.9 Å². The van der Waals surface area contributed by atoms with Gasteiger partial charge in [0.25, 0.3) is 0 Å². The first-order valence-corrected chi connectivity index (χ1v) is 10.2. The summed E-state index contributed by atoms with van der Waals surface area (Å²) in [5.41, 5.74) is 7.92. The van der Waals surface area contributed by atoms with Gasteiger partial charge in [-0.2, -0.15) is 9.61 Å². The maximum atomic E-state index is 14.3. The molecule has 5 rings (SSSR count). The van der Waals surface area contributed by atoms with Crippen LogP contribution in [0.25, 0.3) is 16.8 Å². The minimum atomic E-state index is -1.03. The molecular weight excluding hydrogens is 419 g/mol. The second-order valence-corrected chi connectivity index (χ2v) is 7.67. The van der Waals surface area contributed by atoms with Gasteiger partial charge in [0.1, 0.15) is 17.8 Å². The summed E-state index contributed by atoms with van der Waals surface area (Å²) >= 11 is 0. The first-order valence-electron chi connectivity index (χ1n) is 10.2. The number of halogens is 3. The number of piperidine rings is 1. The maximum Gasteiger partial charge on any atom is 0.229 e. The van der Waals surface area contributed by atoms with Gasteiger partial charge in [-0.15, -0.1) is 0 Å². The number of aromatic nitrogens is 4. The Morgan fingerprint density at radius 1 is 1.06 bits per heavy atom. The van der Waals surface area contributed by atoms with Crippen LogP contribution in [0.15, 0.2) is 55.0 Å². The highest BCUT2D eigenvalue weighted by atomic mass is 19.1. The van der Waals surface area contributed by atoms with E-state index in [1.807, 2.05) is 11.0 Å². The fourth-order valence-corrected chi connectivity index (χ4v) is 3.90. The number of hydrogen-bond acceptors (Lipinski definition) is 6. The van der Waals surface area contributed by atoms with Gasteiger partial charge in [0.15, 0.2) is 0 Å². The third-order valence-electron chi connectivity index (χ3n) is 5.56. The summed E-state index contributed by atoms with van der Waals surface area (Å²) in [7, 11) is 0. The molecule has 1 aliphatic rings. The molecule has 164 valence electrons. The topological polar surface area (TPSA) is 84.4 Å². The molecule has 4 aromatic rings. The third kappa shape index (κ3) is 3.62. The molecule has 0 aliphatic carbocycles. The summed E-state index contributed by atoms with van der Waals surface area (Å²) in [6.07, 6.45) is 4.19. The molecule has 0 radical (unpaired) electrons. The molecule has 2 unspecified atom stereocenters. The van der Waals surface area contributed by atoms with Gasteiger partial charge >= 0.3 is 0 Å². The van der Waals surface area contributed by atoms with Crippen molar-refractivity contribution in [3.8, 4) is 11.3 Å². The number of hydrogen-bond donors (Lipinski definition) is 2. The van der Waals surface area contributed by atoms with Gasteiger partial charge in [0.05, 0.1) is 46.6 Å². The number of rotatable bonds is 4. The van der Waals surface area contributed by atoms with Crippen LogP contribution in [-0.2, 0) is 0 Å². The number of pyridine rings is 1. The number of imidazole rings is 1.